The average Bonchev–Trinajstić information content (AvgIpc) is 2.70. The van der Waals surface area contributed by atoms with Gasteiger partial charge in [-0.25, -0.2) is 0 Å². The second-order valence-electron chi connectivity index (χ2n) is 4.73. The lowest BCUT2D eigenvalue weighted by Gasteiger charge is -2.34. The van der Waals surface area contributed by atoms with Crippen LogP contribution in [0.5, 0.6) is 0 Å². The molecule has 100 valence electrons. The van der Waals surface area contributed by atoms with Crippen molar-refractivity contribution >= 4 is 17.5 Å². The Kier molecular flexibility index (Phi) is 4.30. The van der Waals surface area contributed by atoms with E-state index >= 15 is 0 Å². The van der Waals surface area contributed by atoms with Gasteiger partial charge in [0.15, 0.2) is 0 Å². The fourth-order valence-corrected chi connectivity index (χ4v) is 2.82. The summed E-state index contributed by atoms with van der Waals surface area (Å²) in [5, 5.41) is 3.94. The Hall–Kier alpha value is -1.00. The maximum Gasteiger partial charge on any atom is 0.270 e. The summed E-state index contributed by atoms with van der Waals surface area (Å²) in [4.78, 5) is 14.5. The van der Waals surface area contributed by atoms with Crippen LogP contribution in [0.2, 0.25) is 5.02 Å². The van der Waals surface area contributed by atoms with Crippen LogP contribution in [0.3, 0.4) is 0 Å². The van der Waals surface area contributed by atoms with E-state index in [0.717, 1.165) is 32.5 Å². The number of aromatic nitrogens is 1. The quantitative estimate of drug-likeness (QED) is 0.910. The lowest BCUT2D eigenvalue weighted by molar-refractivity contribution is 0.0646. The molecule has 0 atom stereocenters. The highest BCUT2D eigenvalue weighted by Crippen LogP contribution is 2.18. The highest BCUT2D eigenvalue weighted by molar-refractivity contribution is 6.31. The minimum Gasteiger partial charge on any atom is -0.345 e. The fraction of sp³-hybridized carbons (Fsp3) is 0.615. The van der Waals surface area contributed by atoms with Gasteiger partial charge in [-0.2, -0.15) is 0 Å². The van der Waals surface area contributed by atoms with Crippen molar-refractivity contribution in [2.24, 2.45) is 7.05 Å². The van der Waals surface area contributed by atoms with E-state index < -0.39 is 0 Å². The molecule has 0 aliphatic carbocycles. The molecule has 2 heterocycles. The first kappa shape index (κ1) is 13.4. The average molecular weight is 270 g/mol. The minimum atomic E-state index is 0.0822. The molecule has 5 heteroatoms. The van der Waals surface area contributed by atoms with E-state index in [9.17, 15) is 4.79 Å². The van der Waals surface area contributed by atoms with Crippen molar-refractivity contribution in [1.82, 2.24) is 14.8 Å². The van der Waals surface area contributed by atoms with Crippen LogP contribution in [0.15, 0.2) is 12.3 Å². The van der Waals surface area contributed by atoms with E-state index in [1.807, 2.05) is 18.9 Å². The molecule has 0 unspecified atom stereocenters. The van der Waals surface area contributed by atoms with Gasteiger partial charge in [0.1, 0.15) is 5.69 Å². The lowest BCUT2D eigenvalue weighted by Crippen LogP contribution is -2.46. The van der Waals surface area contributed by atoms with Crippen LogP contribution in [0.25, 0.3) is 0 Å². The van der Waals surface area contributed by atoms with Crippen LogP contribution < -0.4 is 5.32 Å². The summed E-state index contributed by atoms with van der Waals surface area (Å²) in [6.07, 6.45) is 3.82. The third kappa shape index (κ3) is 2.70. The first-order chi connectivity index (χ1) is 8.63. The van der Waals surface area contributed by atoms with Gasteiger partial charge in [-0.05, 0) is 38.9 Å². The first-order valence-corrected chi connectivity index (χ1v) is 6.84. The standard InChI is InChI=1S/C13H20ClN3O/c1-3-17(11-4-6-15-7-5-11)13(18)12-8-10(14)9-16(12)2/h8-9,11,15H,3-7H2,1-2H3. The molecule has 0 aromatic carbocycles. The van der Waals surface area contributed by atoms with E-state index in [1.54, 1.807) is 16.8 Å². The topological polar surface area (TPSA) is 37.3 Å². The van der Waals surface area contributed by atoms with Crippen LogP contribution in [-0.2, 0) is 7.05 Å². The third-order valence-corrected chi connectivity index (χ3v) is 3.75. The molecule has 18 heavy (non-hydrogen) atoms. The second kappa shape index (κ2) is 5.76. The highest BCUT2D eigenvalue weighted by Gasteiger charge is 2.26. The Balaban J connectivity index is 2.16. The number of carbonyl (C=O) groups is 1. The van der Waals surface area contributed by atoms with Gasteiger partial charge in [0.2, 0.25) is 0 Å². The SMILES string of the molecule is CCN(C(=O)c1cc(Cl)cn1C)C1CCNCC1. The van der Waals surface area contributed by atoms with Gasteiger partial charge in [-0.3, -0.25) is 4.79 Å². The maximum absolute atomic E-state index is 12.5. The number of rotatable bonds is 3. The van der Waals surface area contributed by atoms with Gasteiger partial charge in [0, 0.05) is 25.8 Å². The lowest BCUT2D eigenvalue weighted by atomic mass is 10.0. The van der Waals surface area contributed by atoms with Crippen molar-refractivity contribution in [2.45, 2.75) is 25.8 Å². The third-order valence-electron chi connectivity index (χ3n) is 3.54. The molecule has 0 radical (unpaired) electrons. The van der Waals surface area contributed by atoms with Gasteiger partial charge < -0.3 is 14.8 Å². The van der Waals surface area contributed by atoms with Gasteiger partial charge in [-0.15, -0.1) is 0 Å². The van der Waals surface area contributed by atoms with Crippen LogP contribution in [0.1, 0.15) is 30.3 Å². The van der Waals surface area contributed by atoms with Gasteiger partial charge in [0.05, 0.1) is 5.02 Å². The summed E-state index contributed by atoms with van der Waals surface area (Å²) in [6.45, 7) is 4.75. The van der Waals surface area contributed by atoms with E-state index in [2.05, 4.69) is 5.32 Å². The number of hydrogen-bond acceptors (Lipinski definition) is 2. The van der Waals surface area contributed by atoms with Crippen LogP contribution in [0.4, 0.5) is 0 Å². The van der Waals surface area contributed by atoms with Crippen LogP contribution in [0, 0.1) is 0 Å². The predicted octanol–water partition coefficient (Wildman–Crippen LogP) is 1.89. The summed E-state index contributed by atoms with van der Waals surface area (Å²) in [5.74, 6) is 0.0822. The summed E-state index contributed by atoms with van der Waals surface area (Å²) < 4.78 is 1.80. The summed E-state index contributed by atoms with van der Waals surface area (Å²) in [6, 6.07) is 2.09. The molecule has 4 nitrogen and oxygen atoms in total. The van der Waals surface area contributed by atoms with Crippen molar-refractivity contribution < 1.29 is 4.79 Å². The maximum atomic E-state index is 12.5. The molecule has 1 aliphatic rings. The molecule has 1 N–H and O–H groups in total. The molecular weight excluding hydrogens is 250 g/mol. The molecule has 1 fully saturated rings. The van der Waals surface area contributed by atoms with Gasteiger partial charge in [-0.1, -0.05) is 11.6 Å². The first-order valence-electron chi connectivity index (χ1n) is 6.47. The molecule has 1 aromatic rings. The molecule has 1 amide bonds. The Morgan fingerprint density at radius 3 is 2.72 bits per heavy atom. The van der Waals surface area contributed by atoms with Crippen LogP contribution >= 0.6 is 11.6 Å². The van der Waals surface area contributed by atoms with Crippen molar-refractivity contribution in [3.63, 3.8) is 0 Å². The molecule has 1 aromatic heterocycles. The molecule has 0 spiro atoms. The zero-order chi connectivity index (χ0) is 13.1. The molecule has 2 rings (SSSR count). The highest BCUT2D eigenvalue weighted by atomic mass is 35.5. The monoisotopic (exact) mass is 269 g/mol. The largest absolute Gasteiger partial charge is 0.345 e. The minimum absolute atomic E-state index is 0.0822. The normalized spacial score (nSPS) is 16.8. The Morgan fingerprint density at radius 1 is 1.56 bits per heavy atom. The molecule has 0 saturated carbocycles. The zero-order valence-corrected chi connectivity index (χ0v) is 11.7. The number of aryl methyl sites for hydroxylation is 1. The molecular formula is C13H20ClN3O. The summed E-state index contributed by atoms with van der Waals surface area (Å²) in [5.41, 5.74) is 0.667. The van der Waals surface area contributed by atoms with E-state index in [0.29, 0.717) is 16.8 Å². The second-order valence-corrected chi connectivity index (χ2v) is 5.16. The van der Waals surface area contributed by atoms with Gasteiger partial charge in [0.25, 0.3) is 5.91 Å². The predicted molar refractivity (Wildman–Crippen MR) is 73.0 cm³/mol. The number of nitrogens with zero attached hydrogens (tertiary/aromatic N) is 2. The van der Waals surface area contributed by atoms with E-state index in [-0.39, 0.29) is 5.91 Å². The number of piperidine rings is 1. The smallest absolute Gasteiger partial charge is 0.270 e. The molecule has 1 aliphatic heterocycles. The molecule has 1 saturated heterocycles. The Bertz CT molecular complexity index is 424. The van der Waals surface area contributed by atoms with Crippen LogP contribution in [-0.4, -0.2) is 41.1 Å². The summed E-state index contributed by atoms with van der Waals surface area (Å²) in [7, 11) is 1.86. The van der Waals surface area contributed by atoms with Crippen molar-refractivity contribution in [2.75, 3.05) is 19.6 Å². The Morgan fingerprint density at radius 2 is 2.22 bits per heavy atom. The number of hydrogen-bond donors (Lipinski definition) is 1. The van der Waals surface area contributed by atoms with E-state index in [1.165, 1.54) is 0 Å². The Labute approximate surface area is 113 Å². The number of amides is 1. The molecule has 0 bridgehead atoms. The fourth-order valence-electron chi connectivity index (χ4n) is 2.57. The van der Waals surface area contributed by atoms with E-state index in [4.69, 9.17) is 11.6 Å². The summed E-state index contributed by atoms with van der Waals surface area (Å²) >= 11 is 5.94. The van der Waals surface area contributed by atoms with Gasteiger partial charge >= 0.3 is 0 Å². The zero-order valence-electron chi connectivity index (χ0n) is 10.9. The number of carbonyl (C=O) groups excluding carboxylic acids is 1. The van der Waals surface area contributed by atoms with Crippen molar-refractivity contribution in [3.8, 4) is 0 Å². The van der Waals surface area contributed by atoms with Crippen molar-refractivity contribution in [1.29, 1.82) is 0 Å². The number of halogens is 1. The van der Waals surface area contributed by atoms with Crippen molar-refractivity contribution in [3.05, 3.63) is 23.0 Å². The number of nitrogens with one attached hydrogen (secondary N) is 1.